The van der Waals surface area contributed by atoms with Crippen LogP contribution in [0.1, 0.15) is 12.5 Å². The molecule has 0 bridgehead atoms. The van der Waals surface area contributed by atoms with Gasteiger partial charge in [-0.25, -0.2) is 0 Å². The number of carbonyl (C=O) groups excluding carboxylic acids is 2. The molecule has 1 atom stereocenters. The fraction of sp³-hybridized carbons (Fsp3) is 0.308. The van der Waals surface area contributed by atoms with Crippen LogP contribution >= 0.6 is 11.6 Å². The average Bonchev–Trinajstić information content (AvgIpc) is 2.87. The highest BCUT2D eigenvalue weighted by atomic mass is 35.5. The van der Waals surface area contributed by atoms with E-state index in [1.807, 2.05) is 58.3 Å². The van der Waals surface area contributed by atoms with Crippen LogP contribution in [-0.2, 0) is 16.0 Å². The Morgan fingerprint density at radius 1 is 1.00 bits per heavy atom. The monoisotopic (exact) mass is 493 g/mol. The number of ketones is 1. The molecule has 4 rings (SSSR count). The zero-order valence-electron chi connectivity index (χ0n) is 19.6. The molecule has 1 aliphatic rings. The Labute approximate surface area is 209 Å². The molecule has 0 radical (unpaired) electrons. The highest BCUT2D eigenvalue weighted by Crippen LogP contribution is 2.23. The first-order chi connectivity index (χ1) is 16.9. The molecule has 1 aromatic heterocycles. The number of halogens is 1. The topological polar surface area (TPSA) is 87.5 Å². The number of nitrogens with zero attached hydrogens (tertiary/aromatic N) is 4. The van der Waals surface area contributed by atoms with Gasteiger partial charge in [0, 0.05) is 26.2 Å². The maximum absolute atomic E-state index is 12.8. The van der Waals surface area contributed by atoms with Gasteiger partial charge in [-0.15, -0.1) is 0 Å². The third-order valence-electron chi connectivity index (χ3n) is 6.09. The van der Waals surface area contributed by atoms with Crippen molar-refractivity contribution in [2.24, 2.45) is 0 Å². The van der Waals surface area contributed by atoms with Crippen molar-refractivity contribution in [3.05, 3.63) is 87.8 Å². The molecule has 0 saturated carbocycles. The number of piperazine rings is 1. The Hall–Kier alpha value is -3.49. The van der Waals surface area contributed by atoms with Crippen molar-refractivity contribution in [2.75, 3.05) is 37.6 Å². The fourth-order valence-electron chi connectivity index (χ4n) is 4.13. The lowest BCUT2D eigenvalue weighted by atomic mass is 10.0. The third kappa shape index (κ3) is 6.15. The number of aromatic nitrogens is 2. The number of hydrogen-bond donors (Lipinski definition) is 1. The molecule has 3 aromatic rings. The largest absolute Gasteiger partial charge is 0.366 e. The van der Waals surface area contributed by atoms with Crippen LogP contribution in [0.5, 0.6) is 0 Å². The molecule has 0 aliphatic carbocycles. The molecule has 1 amide bonds. The normalized spacial score (nSPS) is 15.0. The van der Waals surface area contributed by atoms with Gasteiger partial charge in [0.2, 0.25) is 5.91 Å². The minimum Gasteiger partial charge on any atom is -0.366 e. The lowest BCUT2D eigenvalue weighted by Gasteiger charge is -2.36. The van der Waals surface area contributed by atoms with Crippen LogP contribution in [0.2, 0.25) is 5.02 Å². The van der Waals surface area contributed by atoms with Gasteiger partial charge in [0.05, 0.1) is 30.2 Å². The second-order valence-corrected chi connectivity index (χ2v) is 8.96. The van der Waals surface area contributed by atoms with Gasteiger partial charge in [0.25, 0.3) is 5.56 Å². The van der Waals surface area contributed by atoms with E-state index in [1.165, 1.54) is 11.6 Å². The fourth-order valence-corrected chi connectivity index (χ4v) is 4.38. The number of benzene rings is 2. The number of amides is 1. The predicted octanol–water partition coefficient (Wildman–Crippen LogP) is 2.32. The number of para-hydroxylation sites is 1. The summed E-state index contributed by atoms with van der Waals surface area (Å²) in [5, 5.41) is 7.30. The lowest BCUT2D eigenvalue weighted by Crippen LogP contribution is -2.52. The van der Waals surface area contributed by atoms with E-state index >= 15 is 0 Å². The highest BCUT2D eigenvalue weighted by molar-refractivity contribution is 6.33. The average molecular weight is 494 g/mol. The third-order valence-corrected chi connectivity index (χ3v) is 6.45. The lowest BCUT2D eigenvalue weighted by molar-refractivity contribution is -0.127. The maximum atomic E-state index is 12.8. The molecule has 182 valence electrons. The summed E-state index contributed by atoms with van der Waals surface area (Å²) in [6, 6.07) is 18.2. The number of nitrogens with one attached hydrogen (secondary N) is 1. The number of rotatable bonds is 8. The van der Waals surface area contributed by atoms with E-state index in [0.717, 1.165) is 5.56 Å². The van der Waals surface area contributed by atoms with Crippen LogP contribution < -0.4 is 15.8 Å². The molecule has 1 aliphatic heterocycles. The van der Waals surface area contributed by atoms with Crippen molar-refractivity contribution in [3.8, 4) is 5.69 Å². The molecular weight excluding hydrogens is 466 g/mol. The van der Waals surface area contributed by atoms with Gasteiger partial charge < -0.3 is 10.2 Å². The minimum absolute atomic E-state index is 0.0700. The van der Waals surface area contributed by atoms with Crippen molar-refractivity contribution < 1.29 is 9.59 Å². The zero-order valence-corrected chi connectivity index (χ0v) is 20.3. The quantitative estimate of drug-likeness (QED) is 0.518. The Morgan fingerprint density at radius 2 is 1.63 bits per heavy atom. The first-order valence-electron chi connectivity index (χ1n) is 11.6. The summed E-state index contributed by atoms with van der Waals surface area (Å²) in [4.78, 5) is 41.5. The smallest absolute Gasteiger partial charge is 0.292 e. The molecule has 2 aromatic carbocycles. The molecule has 1 saturated heterocycles. The number of anilines is 1. The van der Waals surface area contributed by atoms with E-state index in [2.05, 4.69) is 10.4 Å². The van der Waals surface area contributed by atoms with Gasteiger partial charge in [-0.2, -0.15) is 9.78 Å². The molecule has 1 fully saturated rings. The van der Waals surface area contributed by atoms with Gasteiger partial charge in [-0.3, -0.25) is 19.3 Å². The molecule has 9 heteroatoms. The van der Waals surface area contributed by atoms with E-state index in [0.29, 0.717) is 44.0 Å². The van der Waals surface area contributed by atoms with Gasteiger partial charge in [-0.05, 0) is 31.0 Å². The van der Waals surface area contributed by atoms with Crippen LogP contribution in [-0.4, -0.2) is 65.1 Å². The van der Waals surface area contributed by atoms with Crippen LogP contribution in [0.4, 0.5) is 5.69 Å². The molecular formula is C26H28ClN5O3. The first-order valence-corrected chi connectivity index (χ1v) is 11.9. The molecule has 1 N–H and O–H groups in total. The second-order valence-electron chi connectivity index (χ2n) is 8.58. The summed E-state index contributed by atoms with van der Waals surface area (Å²) in [5.74, 6) is -0.251. The predicted molar refractivity (Wildman–Crippen MR) is 136 cm³/mol. The molecule has 2 heterocycles. The summed E-state index contributed by atoms with van der Waals surface area (Å²) >= 11 is 6.43. The van der Waals surface area contributed by atoms with E-state index < -0.39 is 6.04 Å². The van der Waals surface area contributed by atoms with Crippen molar-refractivity contribution in [1.82, 2.24) is 20.0 Å². The molecule has 8 nitrogen and oxygen atoms in total. The van der Waals surface area contributed by atoms with E-state index in [-0.39, 0.29) is 28.8 Å². The highest BCUT2D eigenvalue weighted by Gasteiger charge is 2.24. The standard InChI is InChI=1S/C26H28ClN5O3/c1-19(33)22(16-20-8-4-2-5-9-20)29-24(34)18-30-12-14-31(15-13-30)23-17-28-32(26(35)25(23)27)21-10-6-3-7-11-21/h2-11,17,22H,12-16,18H2,1H3,(H,29,34)/t22-/m1/s1. The summed E-state index contributed by atoms with van der Waals surface area (Å²) < 4.78 is 1.29. The molecule has 0 unspecified atom stereocenters. The number of Topliss-reactive ketones (excluding diaryl/α,β-unsaturated/α-hetero) is 1. The molecule has 0 spiro atoms. The van der Waals surface area contributed by atoms with Crippen molar-refractivity contribution in [2.45, 2.75) is 19.4 Å². The Morgan fingerprint density at radius 3 is 2.26 bits per heavy atom. The summed E-state index contributed by atoms with van der Waals surface area (Å²) in [7, 11) is 0. The van der Waals surface area contributed by atoms with E-state index in [1.54, 1.807) is 18.3 Å². The van der Waals surface area contributed by atoms with Gasteiger partial charge in [-0.1, -0.05) is 60.1 Å². The van der Waals surface area contributed by atoms with Crippen molar-refractivity contribution >= 4 is 29.0 Å². The van der Waals surface area contributed by atoms with E-state index in [9.17, 15) is 14.4 Å². The van der Waals surface area contributed by atoms with Crippen molar-refractivity contribution in [1.29, 1.82) is 0 Å². The van der Waals surface area contributed by atoms with Crippen LogP contribution in [0.25, 0.3) is 5.69 Å². The second kappa shape index (κ2) is 11.3. The maximum Gasteiger partial charge on any atom is 0.292 e. The van der Waals surface area contributed by atoms with Crippen LogP contribution in [0.15, 0.2) is 71.7 Å². The summed E-state index contributed by atoms with van der Waals surface area (Å²) in [6.45, 7) is 4.14. The van der Waals surface area contributed by atoms with E-state index in [4.69, 9.17) is 11.6 Å². The number of hydrogen-bond acceptors (Lipinski definition) is 6. The first kappa shape index (κ1) is 24.6. The SMILES string of the molecule is CC(=O)[C@@H](Cc1ccccc1)NC(=O)CN1CCN(c2cnn(-c3ccccc3)c(=O)c2Cl)CC1. The summed E-state index contributed by atoms with van der Waals surface area (Å²) in [5.41, 5.74) is 1.87. The van der Waals surface area contributed by atoms with Gasteiger partial charge in [0.15, 0.2) is 5.78 Å². The minimum atomic E-state index is -0.549. The van der Waals surface area contributed by atoms with Crippen LogP contribution in [0.3, 0.4) is 0 Å². The Kier molecular flexibility index (Phi) is 7.94. The molecule has 35 heavy (non-hydrogen) atoms. The Bertz CT molecular complexity index is 1220. The van der Waals surface area contributed by atoms with Crippen molar-refractivity contribution in [3.63, 3.8) is 0 Å². The zero-order chi connectivity index (χ0) is 24.8. The number of carbonyl (C=O) groups is 2. The summed E-state index contributed by atoms with van der Waals surface area (Å²) in [6.07, 6.45) is 2.08. The van der Waals surface area contributed by atoms with Crippen LogP contribution in [0, 0.1) is 0 Å². The Balaban J connectivity index is 1.33. The van der Waals surface area contributed by atoms with Gasteiger partial charge >= 0.3 is 0 Å². The van der Waals surface area contributed by atoms with Gasteiger partial charge in [0.1, 0.15) is 5.02 Å².